The molecule has 0 bridgehead atoms. The summed E-state index contributed by atoms with van der Waals surface area (Å²) in [6, 6.07) is 9.44. The van der Waals surface area contributed by atoms with Gasteiger partial charge in [-0.3, -0.25) is 0 Å². The van der Waals surface area contributed by atoms with E-state index in [1.165, 1.54) is 6.08 Å². The molecule has 1 heterocycles. The van der Waals surface area contributed by atoms with E-state index in [0.717, 1.165) is 11.6 Å². The fourth-order valence-corrected chi connectivity index (χ4v) is 1.61. The Bertz CT molecular complexity index is 376. The highest BCUT2D eigenvalue weighted by Gasteiger charge is 2.39. The van der Waals surface area contributed by atoms with Gasteiger partial charge in [-0.1, -0.05) is 36.4 Å². The molecule has 4 heteroatoms. The number of benzene rings is 1. The van der Waals surface area contributed by atoms with Crippen LogP contribution >= 0.6 is 0 Å². The summed E-state index contributed by atoms with van der Waals surface area (Å²) in [7, 11) is 0. The van der Waals surface area contributed by atoms with Crippen LogP contribution in [0.15, 0.2) is 42.5 Å². The van der Waals surface area contributed by atoms with Crippen molar-refractivity contribution >= 4 is 0 Å². The van der Waals surface area contributed by atoms with E-state index in [9.17, 15) is 8.78 Å². The fourth-order valence-electron chi connectivity index (χ4n) is 1.61. The van der Waals surface area contributed by atoms with E-state index in [1.54, 1.807) is 0 Å². The number of hydrogen-bond acceptors (Lipinski definition) is 2. The molecule has 1 atom stereocenters. The van der Waals surface area contributed by atoms with E-state index < -0.39 is 12.0 Å². The normalized spacial score (nSPS) is 22.6. The monoisotopic (exact) mass is 240 g/mol. The van der Waals surface area contributed by atoms with Gasteiger partial charge in [0.05, 0.1) is 19.8 Å². The Morgan fingerprint density at radius 1 is 1.29 bits per heavy atom. The first-order valence-electron chi connectivity index (χ1n) is 5.47. The zero-order valence-electron chi connectivity index (χ0n) is 9.31. The Morgan fingerprint density at radius 2 is 2.06 bits per heavy atom. The van der Waals surface area contributed by atoms with Crippen LogP contribution in [0.25, 0.3) is 0 Å². The number of rotatable bonds is 4. The highest BCUT2D eigenvalue weighted by Crippen LogP contribution is 2.26. The zero-order valence-corrected chi connectivity index (χ0v) is 9.31. The van der Waals surface area contributed by atoms with Gasteiger partial charge in [0.15, 0.2) is 0 Å². The van der Waals surface area contributed by atoms with Crippen molar-refractivity contribution in [3.8, 4) is 0 Å². The van der Waals surface area contributed by atoms with Crippen LogP contribution in [0, 0.1) is 0 Å². The molecule has 0 N–H and O–H groups in total. The lowest BCUT2D eigenvalue weighted by atomic mass is 10.1. The molecular weight excluding hydrogens is 226 g/mol. The van der Waals surface area contributed by atoms with Crippen molar-refractivity contribution in [2.45, 2.75) is 18.6 Å². The van der Waals surface area contributed by atoms with Gasteiger partial charge in [0.2, 0.25) is 0 Å². The summed E-state index contributed by atoms with van der Waals surface area (Å²) in [6.45, 7) is 0.432. The maximum absolute atomic E-state index is 13.3. The summed E-state index contributed by atoms with van der Waals surface area (Å²) in [6.07, 6.45) is 1.03. The number of hydrogen-bond donors (Lipinski definition) is 0. The molecular formula is C13H14F2O2. The largest absolute Gasteiger partial charge is 0.374 e. The van der Waals surface area contributed by atoms with Crippen molar-refractivity contribution in [2.75, 3.05) is 13.2 Å². The number of ether oxygens (including phenoxy) is 2. The summed E-state index contributed by atoms with van der Waals surface area (Å²) in [4.78, 5) is 0. The topological polar surface area (TPSA) is 18.5 Å². The van der Waals surface area contributed by atoms with Crippen molar-refractivity contribution in [1.82, 2.24) is 0 Å². The molecule has 2 rings (SSSR count). The highest BCUT2D eigenvalue weighted by molar-refractivity contribution is 5.13. The summed E-state index contributed by atoms with van der Waals surface area (Å²) in [5.41, 5.74) is 0.960. The minimum Gasteiger partial charge on any atom is -0.374 e. The summed E-state index contributed by atoms with van der Waals surface area (Å²) >= 11 is 0. The van der Waals surface area contributed by atoms with Crippen LogP contribution in [0.1, 0.15) is 5.56 Å². The van der Waals surface area contributed by atoms with E-state index in [2.05, 4.69) is 0 Å². The molecule has 0 saturated heterocycles. The Morgan fingerprint density at radius 3 is 2.76 bits per heavy atom. The standard InChI is InChI=1S/C13H14F2O2/c14-13(15)7-4-8-17-12(13)10-16-9-11-5-2-1-3-6-11/h1-7,12H,8-10H2. The molecule has 1 aromatic rings. The summed E-state index contributed by atoms with van der Waals surface area (Å²) in [5.74, 6) is -2.94. The lowest BCUT2D eigenvalue weighted by molar-refractivity contribution is -0.139. The van der Waals surface area contributed by atoms with Crippen LogP contribution in [-0.4, -0.2) is 25.2 Å². The van der Waals surface area contributed by atoms with E-state index in [0.29, 0.717) is 6.61 Å². The third-order valence-electron chi connectivity index (χ3n) is 2.54. The van der Waals surface area contributed by atoms with Crippen molar-refractivity contribution in [3.63, 3.8) is 0 Å². The van der Waals surface area contributed by atoms with Crippen LogP contribution in [0.2, 0.25) is 0 Å². The molecule has 17 heavy (non-hydrogen) atoms. The van der Waals surface area contributed by atoms with E-state index in [1.807, 2.05) is 30.3 Å². The minimum absolute atomic E-state index is 0.105. The molecule has 1 unspecified atom stereocenters. The third-order valence-corrected chi connectivity index (χ3v) is 2.54. The van der Waals surface area contributed by atoms with E-state index in [4.69, 9.17) is 9.47 Å². The molecule has 1 aliphatic rings. The van der Waals surface area contributed by atoms with Gasteiger partial charge in [0.1, 0.15) is 6.10 Å². The molecule has 0 fully saturated rings. The SMILES string of the molecule is FC1(F)C=CCOC1COCc1ccccc1. The summed E-state index contributed by atoms with van der Waals surface area (Å²) < 4.78 is 36.8. The molecule has 0 aromatic heterocycles. The van der Waals surface area contributed by atoms with Crippen LogP contribution in [0.3, 0.4) is 0 Å². The van der Waals surface area contributed by atoms with Crippen LogP contribution in [0.4, 0.5) is 8.78 Å². The van der Waals surface area contributed by atoms with Gasteiger partial charge in [0, 0.05) is 0 Å². The predicted octanol–water partition coefficient (Wildman–Crippen LogP) is 2.79. The second-order valence-electron chi connectivity index (χ2n) is 3.90. The van der Waals surface area contributed by atoms with Crippen molar-refractivity contribution in [2.24, 2.45) is 0 Å². The van der Waals surface area contributed by atoms with Gasteiger partial charge in [0.25, 0.3) is 5.92 Å². The number of halogens is 2. The maximum atomic E-state index is 13.3. The second-order valence-corrected chi connectivity index (χ2v) is 3.90. The van der Waals surface area contributed by atoms with E-state index >= 15 is 0 Å². The van der Waals surface area contributed by atoms with Crippen molar-refractivity contribution < 1.29 is 18.3 Å². The van der Waals surface area contributed by atoms with Crippen LogP contribution in [-0.2, 0) is 16.1 Å². The Kier molecular flexibility index (Phi) is 3.86. The Labute approximate surface area is 98.8 Å². The zero-order chi connectivity index (χ0) is 12.1. The first-order valence-corrected chi connectivity index (χ1v) is 5.47. The average Bonchev–Trinajstić information content (AvgIpc) is 2.32. The predicted molar refractivity (Wildman–Crippen MR) is 59.9 cm³/mol. The first kappa shape index (κ1) is 12.2. The lowest BCUT2D eigenvalue weighted by Crippen LogP contribution is -2.40. The third kappa shape index (κ3) is 3.35. The lowest BCUT2D eigenvalue weighted by Gasteiger charge is -2.27. The second kappa shape index (κ2) is 5.38. The quantitative estimate of drug-likeness (QED) is 0.753. The maximum Gasteiger partial charge on any atom is 0.294 e. The highest BCUT2D eigenvalue weighted by atomic mass is 19.3. The molecule has 0 saturated carbocycles. The average molecular weight is 240 g/mol. The van der Waals surface area contributed by atoms with Gasteiger partial charge in [-0.05, 0) is 11.6 Å². The molecule has 92 valence electrons. The van der Waals surface area contributed by atoms with Crippen molar-refractivity contribution in [3.05, 3.63) is 48.0 Å². The molecule has 1 aliphatic heterocycles. The fraction of sp³-hybridized carbons (Fsp3) is 0.385. The molecule has 0 spiro atoms. The van der Waals surface area contributed by atoms with Gasteiger partial charge in [-0.25, -0.2) is 0 Å². The first-order chi connectivity index (χ1) is 8.18. The molecule has 0 aliphatic carbocycles. The molecule has 1 aromatic carbocycles. The van der Waals surface area contributed by atoms with Crippen molar-refractivity contribution in [1.29, 1.82) is 0 Å². The van der Waals surface area contributed by atoms with Gasteiger partial charge in [-0.15, -0.1) is 0 Å². The Hall–Kier alpha value is -1.26. The van der Waals surface area contributed by atoms with Crippen LogP contribution < -0.4 is 0 Å². The number of alkyl halides is 2. The minimum atomic E-state index is -2.94. The smallest absolute Gasteiger partial charge is 0.294 e. The summed E-state index contributed by atoms with van der Waals surface area (Å²) in [5, 5.41) is 0. The molecule has 0 amide bonds. The van der Waals surface area contributed by atoms with E-state index in [-0.39, 0.29) is 13.2 Å². The van der Waals surface area contributed by atoms with Gasteiger partial charge >= 0.3 is 0 Å². The van der Waals surface area contributed by atoms with Gasteiger partial charge < -0.3 is 9.47 Å². The van der Waals surface area contributed by atoms with Crippen LogP contribution in [0.5, 0.6) is 0 Å². The molecule has 0 radical (unpaired) electrons. The molecule has 2 nitrogen and oxygen atoms in total. The Balaban J connectivity index is 1.81. The van der Waals surface area contributed by atoms with Gasteiger partial charge in [-0.2, -0.15) is 8.78 Å².